The number of benzene rings is 12. The van der Waals surface area contributed by atoms with Gasteiger partial charge in [-0.2, -0.15) is 0 Å². The number of amides is 4. The number of carboxylic acids is 6. The van der Waals surface area contributed by atoms with Gasteiger partial charge >= 0.3 is 119 Å². The fourth-order valence-electron chi connectivity index (χ4n) is 16.8. The Hall–Kier alpha value is -18.7. The van der Waals surface area contributed by atoms with Gasteiger partial charge in [0.05, 0.1) is 111 Å². The fraction of sp³-hybridized carbons (Fsp3) is 0.0769. The van der Waals surface area contributed by atoms with E-state index in [4.69, 9.17) is 39.4 Å². The van der Waals surface area contributed by atoms with Crippen LogP contribution in [-0.4, -0.2) is 198 Å². The number of cyclic esters (lactones) is 14. The second-order valence-corrected chi connectivity index (χ2v) is 29.6. The van der Waals surface area contributed by atoms with E-state index in [2.05, 4.69) is 14.2 Å². The Morgan fingerprint density at radius 3 is 0.585 bits per heavy atom. The van der Waals surface area contributed by atoms with E-state index < -0.39 is 176 Å². The molecule has 9 aliphatic heterocycles. The molecule has 12 aromatic rings. The van der Waals surface area contributed by atoms with Crippen LogP contribution >= 0.6 is 0 Å². The first-order chi connectivity index (χ1) is 61.4. The summed E-state index contributed by atoms with van der Waals surface area (Å²) < 4.78 is 32.9. The molecule has 0 saturated heterocycles. The lowest BCUT2D eigenvalue weighted by Gasteiger charge is -2.29. The van der Waals surface area contributed by atoms with Crippen molar-refractivity contribution < 1.29 is 179 Å². The van der Waals surface area contributed by atoms with Gasteiger partial charge in [-0.3, -0.25) is 29.0 Å². The monoisotopic (exact) mass is 1760 g/mol. The molecule has 0 fully saturated rings. The lowest BCUT2D eigenvalue weighted by Crippen LogP contribution is -2.40. The lowest BCUT2D eigenvalue weighted by molar-refractivity contribution is 0.0364. The van der Waals surface area contributed by atoms with Crippen LogP contribution in [0.3, 0.4) is 0 Å². The molecule has 0 radical (unpaired) electrons. The van der Waals surface area contributed by atoms with E-state index >= 15 is 0 Å². The number of aromatic carboxylic acids is 6. The summed E-state index contributed by atoms with van der Waals surface area (Å²) in [5.74, 6) is -21.6. The third-order valence-corrected chi connectivity index (χ3v) is 22.4. The first-order valence-corrected chi connectivity index (χ1v) is 37.4. The molecule has 0 aromatic heterocycles. The zero-order valence-electron chi connectivity index (χ0n) is 66.7. The molecule has 12 aromatic carbocycles. The molecule has 9 aliphatic rings. The highest BCUT2D eigenvalue weighted by atomic mass is 16.6. The smallest absolute Gasteiger partial charge is 0.346 e. The van der Waals surface area contributed by atoms with Gasteiger partial charge in [-0.25, -0.2) is 95.9 Å². The van der Waals surface area contributed by atoms with E-state index in [9.17, 15) is 125 Å². The average Bonchev–Trinajstić information content (AvgIpc) is 0.719. The van der Waals surface area contributed by atoms with Gasteiger partial charge in [-0.05, 0) is 178 Å². The lowest BCUT2D eigenvalue weighted by atomic mass is 9.85. The molecule has 130 heavy (non-hydrogen) atoms. The second kappa shape index (κ2) is 30.4. The quantitative estimate of drug-likeness (QED) is 0.0390. The molecule has 4 amide bonds. The molecule has 0 bridgehead atoms. The molecular formula is C91H46N2O37. The van der Waals surface area contributed by atoms with Crippen molar-refractivity contribution in [2.24, 2.45) is 0 Å². The van der Waals surface area contributed by atoms with Crippen LogP contribution in [0.25, 0.3) is 64.6 Å². The minimum atomic E-state index is -1.49. The predicted molar refractivity (Wildman–Crippen MR) is 430 cm³/mol. The Morgan fingerprint density at radius 2 is 0.338 bits per heavy atom. The zero-order valence-corrected chi connectivity index (χ0v) is 66.7. The van der Waals surface area contributed by atoms with E-state index in [1.807, 2.05) is 0 Å². The van der Waals surface area contributed by atoms with Crippen molar-refractivity contribution in [3.8, 4) is 0 Å². The molecule has 0 spiro atoms. The van der Waals surface area contributed by atoms with Crippen molar-refractivity contribution in [2.75, 3.05) is 14.1 Å². The maximum absolute atomic E-state index is 12.3. The molecule has 6 N–H and O–H groups in total. The molecular weight excluding hydrogens is 1710 g/mol. The van der Waals surface area contributed by atoms with Crippen molar-refractivity contribution in [1.82, 2.24) is 9.80 Å². The molecule has 39 nitrogen and oxygen atoms in total. The summed E-state index contributed by atoms with van der Waals surface area (Å²) in [6.07, 6.45) is 0. The topological polar surface area (TPSA) is 602 Å². The van der Waals surface area contributed by atoms with E-state index in [-0.39, 0.29) is 116 Å². The number of aryl methyl sites for hydroxylation is 5. The standard InChI is InChI=1S/C16H10N2O4.2C16H8O6.C15H6O6.C14H8O8.C14H6O7/c1-17-13(19)7-3-5-9-12-10(16(22)18(2)15(9)21)6-4-8(11(7)12)14(17)20;1-5-3-7-12-10(16(20)22-13(7)17)6(2)4-8-11(12)9(5)15(19)21-14(8)18;1-5-3-7-11-8(14(18)21-13(7)17)4-6(2)10-12(11)9(5)15(19)22-16(10)20;1-5-4-8-10-6(12(16)20-14(8)18)2-3-7-11(10)9(5)15(19)21-13(7)17;15-11(16)5-1-2-6(12(17)18)10-8(14(21)22)4-3-7(9(5)10)13(19)20;15-11(16)5-1-3-7-10-8(14(20)21-13(7)19)4-2-6(9(5)10)12(17)18/h3-6H,1-2H3;2*3-4H,1-2H3;2-4H,1H3;1-4H,(H,15,16)(H,17,18)(H,19,20)(H,21,22);1-4H,(H,15,16)(H,17,18). The van der Waals surface area contributed by atoms with Crippen LogP contribution in [0.5, 0.6) is 0 Å². The van der Waals surface area contributed by atoms with Gasteiger partial charge in [-0.15, -0.1) is 0 Å². The van der Waals surface area contributed by atoms with Crippen LogP contribution in [0.1, 0.15) is 276 Å². The second-order valence-electron chi connectivity index (χ2n) is 29.6. The number of nitrogens with zero attached hydrogens (tertiary/aromatic N) is 2. The Morgan fingerprint density at radius 1 is 0.192 bits per heavy atom. The van der Waals surface area contributed by atoms with Crippen LogP contribution in [0, 0.1) is 34.6 Å². The summed E-state index contributed by atoms with van der Waals surface area (Å²) in [4.78, 5) is 286. The normalized spacial score (nSPS) is 14.7. The van der Waals surface area contributed by atoms with Gasteiger partial charge in [0, 0.05) is 101 Å². The van der Waals surface area contributed by atoms with Crippen LogP contribution in [0.15, 0.2) is 115 Å². The minimum absolute atomic E-state index is 0.00366. The van der Waals surface area contributed by atoms with Crippen molar-refractivity contribution >= 4 is 208 Å². The van der Waals surface area contributed by atoms with Crippen LogP contribution < -0.4 is 0 Å². The molecule has 9 heterocycles. The fourth-order valence-corrected chi connectivity index (χ4v) is 16.8. The van der Waals surface area contributed by atoms with Gasteiger partial charge in [0.1, 0.15) is 0 Å². The van der Waals surface area contributed by atoms with Crippen LogP contribution in [0.4, 0.5) is 0 Å². The highest BCUT2D eigenvalue weighted by Crippen LogP contribution is 2.45. The predicted octanol–water partition coefficient (Wildman–Crippen LogP) is 10.4. The van der Waals surface area contributed by atoms with E-state index in [0.29, 0.717) is 77.0 Å². The summed E-state index contributed by atoms with van der Waals surface area (Å²) in [6.45, 7) is 8.17. The van der Waals surface area contributed by atoms with Crippen molar-refractivity contribution in [3.63, 3.8) is 0 Å². The third kappa shape index (κ3) is 12.8. The third-order valence-electron chi connectivity index (χ3n) is 22.4. The summed E-state index contributed by atoms with van der Waals surface area (Å²) in [5.41, 5.74) is 3.42. The van der Waals surface area contributed by atoms with E-state index in [0.717, 1.165) is 46.2 Å². The van der Waals surface area contributed by atoms with Gasteiger partial charge in [0.15, 0.2) is 0 Å². The van der Waals surface area contributed by atoms with Gasteiger partial charge in [0.2, 0.25) is 0 Å². The number of hydrogen-bond donors (Lipinski definition) is 6. The number of carboxylic acid groups (broad SMARTS) is 6. The van der Waals surface area contributed by atoms with Gasteiger partial charge in [0.25, 0.3) is 23.6 Å². The Bertz CT molecular complexity index is 7380. The molecule has 0 atom stereocenters. The van der Waals surface area contributed by atoms with Gasteiger partial charge < -0.3 is 63.8 Å². The molecule has 21 rings (SSSR count). The van der Waals surface area contributed by atoms with Crippen molar-refractivity contribution in [3.05, 3.63) is 277 Å². The number of rotatable bonds is 6. The zero-order chi connectivity index (χ0) is 94.1. The highest BCUT2D eigenvalue weighted by molar-refractivity contribution is 6.37. The molecule has 642 valence electrons. The molecule has 0 unspecified atom stereocenters. The van der Waals surface area contributed by atoms with E-state index in [1.165, 1.54) is 93.0 Å². The number of fused-ring (bicyclic) bond motifs is 1. The van der Waals surface area contributed by atoms with Crippen molar-refractivity contribution in [1.29, 1.82) is 0 Å². The number of ether oxygens (including phenoxy) is 7. The van der Waals surface area contributed by atoms with Gasteiger partial charge in [-0.1, -0.05) is 0 Å². The molecule has 39 heteroatoms. The van der Waals surface area contributed by atoms with E-state index in [1.54, 1.807) is 34.6 Å². The average molecular weight is 1760 g/mol. The highest BCUT2D eigenvalue weighted by Gasteiger charge is 2.44. The first-order valence-electron chi connectivity index (χ1n) is 37.4. The number of carbonyl (C=O) groups excluding carboxylic acids is 18. The maximum Gasteiger partial charge on any atom is 0.346 e. The number of hydrogen-bond acceptors (Lipinski definition) is 31. The molecule has 0 aliphatic carbocycles. The van der Waals surface area contributed by atoms with Crippen molar-refractivity contribution in [2.45, 2.75) is 34.6 Å². The number of imide groups is 2. The maximum atomic E-state index is 12.3. The SMILES string of the molecule is CN1C(=O)c2ccc3c4c(ccc(c24)C1=O)C(=O)N(C)C3=O.Cc1cc2c3c(c(C)cc4c3c1C(=O)OC4=O)C(=O)OC2=O.Cc1cc2c3c(cc(C)c4c3c1C(=O)OC4=O)C(=O)OC2=O.Cc1cc2c3c(ccc4c3c1C(=O)OC4=O)C(=O)OC2=O.O=C(O)c1ccc(C(=O)O)c2c(C(=O)O)ccc(C(=O)O)c12.O=C(O)c1ccc2c3c(ccc(C(=O)O)c13)C(=O)OC2=O. The largest absolute Gasteiger partial charge is 0.478 e. The number of carbonyl (C=O) groups is 24. The van der Waals surface area contributed by atoms with Crippen LogP contribution in [-0.2, 0) is 33.2 Å². The Kier molecular flexibility index (Phi) is 19.8. The summed E-state index contributed by atoms with van der Waals surface area (Å²) in [7, 11) is 2.83. The Balaban J connectivity index is 0.000000114. The number of esters is 14. The first kappa shape index (κ1) is 84.9. The minimum Gasteiger partial charge on any atom is -0.478 e. The molecule has 0 saturated carbocycles. The Labute approximate surface area is 718 Å². The van der Waals surface area contributed by atoms with Crippen LogP contribution in [0.2, 0.25) is 0 Å². The summed E-state index contributed by atoms with van der Waals surface area (Å²) >= 11 is 0. The summed E-state index contributed by atoms with van der Waals surface area (Å²) in [5, 5.41) is 56.6. The summed E-state index contributed by atoms with van der Waals surface area (Å²) in [6, 6.07) is 24.7.